The molecule has 1 aromatic rings. The molecule has 0 heterocycles. The molecule has 1 saturated carbocycles. The van der Waals surface area contributed by atoms with Crippen molar-refractivity contribution >= 4 is 35.8 Å². The molecule has 1 fully saturated rings. The lowest BCUT2D eigenvalue weighted by molar-refractivity contribution is -0.122. The van der Waals surface area contributed by atoms with Crippen molar-refractivity contribution in [2.24, 2.45) is 16.6 Å². The van der Waals surface area contributed by atoms with E-state index in [9.17, 15) is 4.79 Å². The summed E-state index contributed by atoms with van der Waals surface area (Å²) in [6, 6.07) is 5.79. The second-order valence-electron chi connectivity index (χ2n) is 5.70. The monoisotopic (exact) mass is 462 g/mol. The normalized spacial score (nSPS) is 13.6. The fraction of sp³-hybridized carbons (Fsp3) is 0.529. The highest BCUT2D eigenvalue weighted by molar-refractivity contribution is 14.0. The average molecular weight is 462 g/mol. The molecule has 1 amide bonds. The minimum absolute atomic E-state index is 0. The SMILES string of the molecule is COc1ccc(CCN=C(N)NCCNC(=O)C2CC2)cc1OC.I. The Morgan fingerprint density at radius 3 is 2.52 bits per heavy atom. The van der Waals surface area contributed by atoms with E-state index < -0.39 is 0 Å². The number of amides is 1. The Hall–Kier alpha value is -1.71. The van der Waals surface area contributed by atoms with Gasteiger partial charge in [0.15, 0.2) is 17.5 Å². The lowest BCUT2D eigenvalue weighted by atomic mass is 10.1. The zero-order chi connectivity index (χ0) is 17.4. The Morgan fingerprint density at radius 2 is 1.88 bits per heavy atom. The summed E-state index contributed by atoms with van der Waals surface area (Å²) < 4.78 is 10.5. The fourth-order valence-corrected chi connectivity index (χ4v) is 2.26. The highest BCUT2D eigenvalue weighted by Gasteiger charge is 2.28. The molecule has 7 nitrogen and oxygen atoms in total. The van der Waals surface area contributed by atoms with Crippen molar-refractivity contribution in [3.63, 3.8) is 0 Å². The van der Waals surface area contributed by atoms with Gasteiger partial charge in [0, 0.05) is 25.6 Å². The maximum Gasteiger partial charge on any atom is 0.223 e. The predicted molar refractivity (Wildman–Crippen MR) is 109 cm³/mol. The van der Waals surface area contributed by atoms with Gasteiger partial charge in [0.1, 0.15) is 0 Å². The highest BCUT2D eigenvalue weighted by atomic mass is 127. The van der Waals surface area contributed by atoms with Crippen LogP contribution in [0.2, 0.25) is 0 Å². The molecule has 0 aliphatic heterocycles. The number of hydrogen-bond donors (Lipinski definition) is 3. The summed E-state index contributed by atoms with van der Waals surface area (Å²) in [5.74, 6) is 2.17. The number of halogens is 1. The molecular formula is C17H27IN4O3. The number of nitrogens with zero attached hydrogens (tertiary/aromatic N) is 1. The van der Waals surface area contributed by atoms with Crippen LogP contribution in [-0.2, 0) is 11.2 Å². The lowest BCUT2D eigenvalue weighted by Gasteiger charge is -2.09. The molecule has 1 aliphatic rings. The first kappa shape index (κ1) is 21.3. The van der Waals surface area contributed by atoms with Crippen molar-refractivity contribution in [3.8, 4) is 11.5 Å². The van der Waals surface area contributed by atoms with Crippen LogP contribution in [0.15, 0.2) is 23.2 Å². The van der Waals surface area contributed by atoms with E-state index in [2.05, 4.69) is 15.6 Å². The Labute approximate surface area is 165 Å². The van der Waals surface area contributed by atoms with Gasteiger partial charge in [-0.25, -0.2) is 0 Å². The standard InChI is InChI=1S/C17H26N4O3.HI/c1-23-14-6-3-12(11-15(14)24-2)7-8-20-17(18)21-10-9-19-16(22)13-4-5-13;/h3,6,11,13H,4-5,7-10H2,1-2H3,(H,19,22)(H3,18,20,21);1H. The zero-order valence-electron chi connectivity index (χ0n) is 14.7. The molecule has 0 saturated heterocycles. The molecule has 1 aliphatic carbocycles. The summed E-state index contributed by atoms with van der Waals surface area (Å²) in [5, 5.41) is 5.86. The molecular weight excluding hydrogens is 435 g/mol. The van der Waals surface area contributed by atoms with Gasteiger partial charge in [-0.05, 0) is 37.0 Å². The number of ether oxygens (including phenoxy) is 2. The number of methoxy groups -OCH3 is 2. The van der Waals surface area contributed by atoms with E-state index in [4.69, 9.17) is 15.2 Å². The van der Waals surface area contributed by atoms with E-state index in [-0.39, 0.29) is 35.8 Å². The van der Waals surface area contributed by atoms with Gasteiger partial charge < -0.3 is 25.8 Å². The van der Waals surface area contributed by atoms with Crippen LogP contribution in [0.4, 0.5) is 0 Å². The molecule has 140 valence electrons. The maximum atomic E-state index is 11.5. The van der Waals surface area contributed by atoms with Crippen molar-refractivity contribution in [3.05, 3.63) is 23.8 Å². The number of carbonyl (C=O) groups excluding carboxylic acids is 1. The smallest absolute Gasteiger partial charge is 0.223 e. The number of benzene rings is 1. The van der Waals surface area contributed by atoms with Gasteiger partial charge in [-0.1, -0.05) is 6.07 Å². The zero-order valence-corrected chi connectivity index (χ0v) is 17.0. The van der Waals surface area contributed by atoms with E-state index in [1.54, 1.807) is 14.2 Å². The van der Waals surface area contributed by atoms with Crippen LogP contribution >= 0.6 is 24.0 Å². The first-order chi connectivity index (χ1) is 11.6. The Kier molecular flexibility index (Phi) is 9.40. The van der Waals surface area contributed by atoms with Crippen molar-refractivity contribution in [2.45, 2.75) is 19.3 Å². The third kappa shape index (κ3) is 7.37. The molecule has 25 heavy (non-hydrogen) atoms. The van der Waals surface area contributed by atoms with Crippen molar-refractivity contribution in [1.82, 2.24) is 10.6 Å². The van der Waals surface area contributed by atoms with E-state index in [1.165, 1.54) is 0 Å². The number of aliphatic imine (C=N–C) groups is 1. The number of nitrogens with one attached hydrogen (secondary N) is 2. The summed E-state index contributed by atoms with van der Waals surface area (Å²) >= 11 is 0. The summed E-state index contributed by atoms with van der Waals surface area (Å²) in [5.41, 5.74) is 6.91. The van der Waals surface area contributed by atoms with Gasteiger partial charge in [-0.2, -0.15) is 0 Å². The maximum absolute atomic E-state index is 11.5. The minimum atomic E-state index is 0. The molecule has 0 spiro atoms. The number of rotatable bonds is 9. The van der Waals surface area contributed by atoms with Crippen molar-refractivity contribution < 1.29 is 14.3 Å². The van der Waals surface area contributed by atoms with Crippen molar-refractivity contribution in [2.75, 3.05) is 33.9 Å². The number of nitrogens with two attached hydrogens (primary N) is 1. The molecule has 0 radical (unpaired) electrons. The molecule has 0 bridgehead atoms. The second-order valence-corrected chi connectivity index (χ2v) is 5.70. The molecule has 0 aromatic heterocycles. The molecule has 0 atom stereocenters. The molecule has 8 heteroatoms. The van der Waals surface area contributed by atoms with Gasteiger partial charge in [-0.3, -0.25) is 9.79 Å². The molecule has 0 unspecified atom stereocenters. The van der Waals surface area contributed by atoms with Crippen LogP contribution in [-0.4, -0.2) is 45.7 Å². The third-order valence-electron chi connectivity index (χ3n) is 3.81. The van der Waals surface area contributed by atoms with Crippen LogP contribution in [0.3, 0.4) is 0 Å². The molecule has 4 N–H and O–H groups in total. The van der Waals surface area contributed by atoms with Gasteiger partial charge >= 0.3 is 0 Å². The number of carbonyl (C=O) groups is 1. The summed E-state index contributed by atoms with van der Waals surface area (Å²) in [4.78, 5) is 15.7. The fourth-order valence-electron chi connectivity index (χ4n) is 2.26. The largest absolute Gasteiger partial charge is 0.493 e. The lowest BCUT2D eigenvalue weighted by Crippen LogP contribution is -2.38. The Morgan fingerprint density at radius 1 is 1.20 bits per heavy atom. The first-order valence-electron chi connectivity index (χ1n) is 8.16. The van der Waals surface area contributed by atoms with Crippen LogP contribution in [0.1, 0.15) is 18.4 Å². The van der Waals surface area contributed by atoms with Crippen LogP contribution in [0.5, 0.6) is 11.5 Å². The average Bonchev–Trinajstić information content (AvgIpc) is 3.43. The quantitative estimate of drug-likeness (QED) is 0.223. The first-order valence-corrected chi connectivity index (χ1v) is 8.16. The van der Waals surface area contributed by atoms with Crippen molar-refractivity contribution in [1.29, 1.82) is 0 Å². The van der Waals surface area contributed by atoms with E-state index in [0.29, 0.717) is 37.1 Å². The number of hydrogen-bond acceptors (Lipinski definition) is 4. The molecule has 1 aromatic carbocycles. The Balaban J connectivity index is 0.00000312. The third-order valence-corrected chi connectivity index (χ3v) is 3.81. The summed E-state index contributed by atoms with van der Waals surface area (Å²) in [6.45, 7) is 1.70. The molecule has 2 rings (SSSR count). The number of guanidine groups is 1. The van der Waals surface area contributed by atoms with Gasteiger partial charge in [0.2, 0.25) is 5.91 Å². The van der Waals surface area contributed by atoms with Crippen LogP contribution < -0.4 is 25.8 Å². The van der Waals surface area contributed by atoms with E-state index in [1.807, 2.05) is 18.2 Å². The van der Waals surface area contributed by atoms with Gasteiger partial charge in [-0.15, -0.1) is 24.0 Å². The highest BCUT2D eigenvalue weighted by Crippen LogP contribution is 2.28. The minimum Gasteiger partial charge on any atom is -0.493 e. The van der Waals surface area contributed by atoms with Gasteiger partial charge in [0.25, 0.3) is 0 Å². The Bertz CT molecular complexity index is 591. The topological polar surface area (TPSA) is 98.0 Å². The van der Waals surface area contributed by atoms with Gasteiger partial charge in [0.05, 0.1) is 14.2 Å². The van der Waals surface area contributed by atoms with Crippen LogP contribution in [0, 0.1) is 5.92 Å². The summed E-state index contributed by atoms with van der Waals surface area (Å²) in [6.07, 6.45) is 2.78. The summed E-state index contributed by atoms with van der Waals surface area (Å²) in [7, 11) is 3.23. The second kappa shape index (κ2) is 11.0. The predicted octanol–water partition coefficient (Wildman–Crippen LogP) is 1.29. The van der Waals surface area contributed by atoms with E-state index in [0.717, 1.165) is 24.8 Å². The van der Waals surface area contributed by atoms with E-state index >= 15 is 0 Å². The van der Waals surface area contributed by atoms with Crippen LogP contribution in [0.25, 0.3) is 0 Å².